The third-order valence-electron chi connectivity index (χ3n) is 4.28. The number of ether oxygens (including phenoxy) is 1. The van der Waals surface area contributed by atoms with Crippen molar-refractivity contribution in [3.05, 3.63) is 59.2 Å². The highest BCUT2D eigenvalue weighted by molar-refractivity contribution is 6.33. The van der Waals surface area contributed by atoms with Gasteiger partial charge in [0.05, 0.1) is 23.4 Å². The predicted octanol–water partition coefficient (Wildman–Crippen LogP) is 5.52. The largest absolute Gasteiger partial charge is 0.497 e. The molecule has 1 unspecified atom stereocenters. The van der Waals surface area contributed by atoms with Crippen molar-refractivity contribution in [2.24, 2.45) is 0 Å². The highest BCUT2D eigenvalue weighted by atomic mass is 35.5. The number of nitrogens with one attached hydrogen (secondary N) is 1. The van der Waals surface area contributed by atoms with Crippen LogP contribution in [0.1, 0.15) is 18.5 Å². The standard InChI is InChI=1S/C19H16ClF3N2O2/c1-11(25-8-7-12-9-14(27-2)4-6-17(12)25)18(26)24-16-10-13(19(21,22)23)3-5-15(16)20/h3-11H,1-2H3,(H,24,26). The second-order valence-electron chi connectivity index (χ2n) is 6.01. The second-order valence-corrected chi connectivity index (χ2v) is 6.41. The number of fused-ring (bicyclic) bond motifs is 1. The van der Waals surface area contributed by atoms with Gasteiger partial charge in [-0.05, 0) is 49.4 Å². The molecule has 3 rings (SSSR count). The van der Waals surface area contributed by atoms with Crippen LogP contribution in [0.2, 0.25) is 5.02 Å². The topological polar surface area (TPSA) is 43.3 Å². The Kier molecular flexibility index (Phi) is 5.06. The summed E-state index contributed by atoms with van der Waals surface area (Å²) >= 11 is 5.95. The zero-order valence-electron chi connectivity index (χ0n) is 14.5. The number of halogens is 4. The molecule has 0 fully saturated rings. The van der Waals surface area contributed by atoms with Crippen molar-refractivity contribution in [2.45, 2.75) is 19.1 Å². The van der Waals surface area contributed by atoms with Crippen LogP contribution in [-0.4, -0.2) is 17.6 Å². The molecule has 2 aromatic carbocycles. The van der Waals surface area contributed by atoms with E-state index in [0.717, 1.165) is 29.1 Å². The first-order valence-corrected chi connectivity index (χ1v) is 8.40. The van der Waals surface area contributed by atoms with E-state index in [1.807, 2.05) is 18.2 Å². The number of amides is 1. The zero-order valence-corrected chi connectivity index (χ0v) is 15.2. The summed E-state index contributed by atoms with van der Waals surface area (Å²) in [6.45, 7) is 1.65. The first-order valence-electron chi connectivity index (χ1n) is 8.03. The summed E-state index contributed by atoms with van der Waals surface area (Å²) in [4.78, 5) is 12.6. The van der Waals surface area contributed by atoms with E-state index in [2.05, 4.69) is 5.32 Å². The van der Waals surface area contributed by atoms with E-state index < -0.39 is 23.7 Å². The number of nitrogens with zero attached hydrogens (tertiary/aromatic N) is 1. The Morgan fingerprint density at radius 1 is 1.19 bits per heavy atom. The van der Waals surface area contributed by atoms with E-state index in [-0.39, 0.29) is 10.7 Å². The molecule has 27 heavy (non-hydrogen) atoms. The number of alkyl halides is 3. The minimum absolute atomic E-state index is 0.0330. The lowest BCUT2D eigenvalue weighted by molar-refractivity contribution is -0.137. The van der Waals surface area contributed by atoms with Crippen LogP contribution in [0.4, 0.5) is 18.9 Å². The molecule has 1 amide bonds. The lowest BCUT2D eigenvalue weighted by Gasteiger charge is -2.17. The lowest BCUT2D eigenvalue weighted by atomic mass is 10.2. The monoisotopic (exact) mass is 396 g/mol. The van der Waals surface area contributed by atoms with Gasteiger partial charge in [0.1, 0.15) is 11.8 Å². The van der Waals surface area contributed by atoms with E-state index in [0.29, 0.717) is 5.75 Å². The molecule has 0 aliphatic rings. The molecular formula is C19H16ClF3N2O2. The molecule has 1 N–H and O–H groups in total. The minimum atomic E-state index is -4.52. The molecule has 0 bridgehead atoms. The van der Waals surface area contributed by atoms with Crippen LogP contribution in [0.5, 0.6) is 5.75 Å². The van der Waals surface area contributed by atoms with Crippen LogP contribution in [-0.2, 0) is 11.0 Å². The summed E-state index contributed by atoms with van der Waals surface area (Å²) in [5.41, 5.74) is -0.163. The molecule has 142 valence electrons. The number of methoxy groups -OCH3 is 1. The third kappa shape index (κ3) is 3.88. The SMILES string of the molecule is COc1ccc2c(ccn2C(C)C(=O)Nc2cc(C(F)(F)F)ccc2Cl)c1. The molecular weight excluding hydrogens is 381 g/mol. The van der Waals surface area contributed by atoms with Gasteiger partial charge in [0, 0.05) is 17.1 Å². The Labute approximate surface area is 158 Å². The summed E-state index contributed by atoms with van der Waals surface area (Å²) in [5.74, 6) is 0.206. The maximum absolute atomic E-state index is 12.9. The molecule has 0 aliphatic carbocycles. The highest BCUT2D eigenvalue weighted by Crippen LogP contribution is 2.34. The fourth-order valence-corrected chi connectivity index (χ4v) is 2.93. The summed E-state index contributed by atoms with van der Waals surface area (Å²) < 4.78 is 45.6. The zero-order chi connectivity index (χ0) is 19.8. The van der Waals surface area contributed by atoms with Gasteiger partial charge in [0.15, 0.2) is 0 Å². The van der Waals surface area contributed by atoms with E-state index in [9.17, 15) is 18.0 Å². The summed E-state index contributed by atoms with van der Waals surface area (Å²) in [6, 6.07) is 9.39. The normalized spacial score (nSPS) is 12.8. The average molecular weight is 397 g/mol. The van der Waals surface area contributed by atoms with Crippen LogP contribution in [0, 0.1) is 0 Å². The van der Waals surface area contributed by atoms with Gasteiger partial charge in [-0.25, -0.2) is 0 Å². The fraction of sp³-hybridized carbons (Fsp3) is 0.211. The maximum Gasteiger partial charge on any atom is 0.416 e. The summed E-state index contributed by atoms with van der Waals surface area (Å²) in [7, 11) is 1.56. The number of hydrogen-bond acceptors (Lipinski definition) is 2. The third-order valence-corrected chi connectivity index (χ3v) is 4.61. The van der Waals surface area contributed by atoms with Crippen molar-refractivity contribution in [2.75, 3.05) is 12.4 Å². The Balaban J connectivity index is 1.87. The molecule has 3 aromatic rings. The van der Waals surface area contributed by atoms with Gasteiger partial charge >= 0.3 is 6.18 Å². The number of rotatable bonds is 4. The maximum atomic E-state index is 12.9. The van der Waals surface area contributed by atoms with Gasteiger partial charge in [-0.15, -0.1) is 0 Å². The first kappa shape index (κ1) is 19.1. The van der Waals surface area contributed by atoms with Gasteiger partial charge in [0.25, 0.3) is 0 Å². The smallest absolute Gasteiger partial charge is 0.416 e. The molecule has 8 heteroatoms. The molecule has 4 nitrogen and oxygen atoms in total. The van der Waals surface area contributed by atoms with Crippen LogP contribution in [0.3, 0.4) is 0 Å². The van der Waals surface area contributed by atoms with Crippen LogP contribution in [0.15, 0.2) is 48.7 Å². The van der Waals surface area contributed by atoms with Gasteiger partial charge in [-0.1, -0.05) is 11.6 Å². The Bertz CT molecular complexity index is 998. The molecule has 1 atom stereocenters. The van der Waals surface area contributed by atoms with Crippen molar-refractivity contribution >= 4 is 34.1 Å². The minimum Gasteiger partial charge on any atom is -0.497 e. The predicted molar refractivity (Wildman–Crippen MR) is 98.3 cm³/mol. The molecule has 0 saturated carbocycles. The second kappa shape index (κ2) is 7.15. The fourth-order valence-electron chi connectivity index (χ4n) is 2.77. The van der Waals surface area contributed by atoms with E-state index >= 15 is 0 Å². The van der Waals surface area contributed by atoms with Gasteiger partial charge in [0.2, 0.25) is 5.91 Å². The van der Waals surface area contributed by atoms with Crippen LogP contribution in [0.25, 0.3) is 10.9 Å². The van der Waals surface area contributed by atoms with Crippen molar-refractivity contribution in [3.63, 3.8) is 0 Å². The Morgan fingerprint density at radius 2 is 1.93 bits per heavy atom. The Hall–Kier alpha value is -2.67. The molecule has 1 heterocycles. The lowest BCUT2D eigenvalue weighted by Crippen LogP contribution is -2.23. The number of benzene rings is 2. The van der Waals surface area contributed by atoms with Crippen molar-refractivity contribution in [1.82, 2.24) is 4.57 Å². The van der Waals surface area contributed by atoms with Crippen molar-refractivity contribution in [1.29, 1.82) is 0 Å². The highest BCUT2D eigenvalue weighted by Gasteiger charge is 2.31. The molecule has 0 radical (unpaired) electrons. The summed E-state index contributed by atoms with van der Waals surface area (Å²) in [6.07, 6.45) is -2.78. The Morgan fingerprint density at radius 3 is 2.59 bits per heavy atom. The van der Waals surface area contributed by atoms with Crippen LogP contribution >= 0.6 is 11.6 Å². The van der Waals surface area contributed by atoms with Crippen molar-refractivity contribution < 1.29 is 22.7 Å². The van der Waals surface area contributed by atoms with Crippen molar-refractivity contribution in [3.8, 4) is 5.75 Å². The number of carbonyl (C=O) groups is 1. The average Bonchev–Trinajstić information content (AvgIpc) is 3.04. The van der Waals surface area contributed by atoms with Gasteiger partial charge in [-0.3, -0.25) is 4.79 Å². The quantitative estimate of drug-likeness (QED) is 0.630. The molecule has 1 aromatic heterocycles. The van der Waals surface area contributed by atoms with Crippen LogP contribution < -0.4 is 10.1 Å². The van der Waals surface area contributed by atoms with E-state index in [4.69, 9.17) is 16.3 Å². The van der Waals surface area contributed by atoms with E-state index in [1.54, 1.807) is 30.9 Å². The van der Waals surface area contributed by atoms with Gasteiger partial charge in [-0.2, -0.15) is 13.2 Å². The molecule has 0 saturated heterocycles. The number of aromatic nitrogens is 1. The number of hydrogen-bond donors (Lipinski definition) is 1. The molecule has 0 spiro atoms. The first-order chi connectivity index (χ1) is 12.7. The number of anilines is 1. The van der Waals surface area contributed by atoms with E-state index in [1.165, 1.54) is 0 Å². The van der Waals surface area contributed by atoms with Gasteiger partial charge < -0.3 is 14.6 Å². The summed E-state index contributed by atoms with van der Waals surface area (Å²) in [5, 5.41) is 3.40. The number of carbonyl (C=O) groups excluding carboxylic acids is 1. The molecule has 0 aliphatic heterocycles.